The first-order valence-electron chi connectivity index (χ1n) is 7.22. The number of nitrogens with zero attached hydrogens (tertiary/aromatic N) is 2. The molecular weight excluding hydrogens is 421 g/mol. The number of urea groups is 1. The Morgan fingerprint density at radius 2 is 1.81 bits per heavy atom. The van der Waals surface area contributed by atoms with Crippen molar-refractivity contribution in [1.29, 1.82) is 0 Å². The minimum Gasteiger partial charge on any atom is -0.480 e. The number of nitro groups is 1. The molecule has 0 spiro atoms. The molecule has 0 heterocycles. The van der Waals surface area contributed by atoms with Crippen LogP contribution in [0.4, 0.5) is 10.5 Å². The van der Waals surface area contributed by atoms with Crippen molar-refractivity contribution < 1.29 is 19.2 Å². The van der Waals surface area contributed by atoms with Crippen molar-refractivity contribution in [2.45, 2.75) is 0 Å². The summed E-state index contributed by atoms with van der Waals surface area (Å²) >= 11 is 17.9. The maximum Gasteiger partial charge on any atom is 0.343 e. The smallest absolute Gasteiger partial charge is 0.343 e. The van der Waals surface area contributed by atoms with E-state index in [1.54, 1.807) is 0 Å². The van der Waals surface area contributed by atoms with Crippen molar-refractivity contribution >= 4 is 52.4 Å². The lowest BCUT2D eigenvalue weighted by Crippen LogP contribution is -2.17. The van der Waals surface area contributed by atoms with Crippen LogP contribution in [-0.2, 0) is 4.74 Å². The van der Waals surface area contributed by atoms with Crippen LogP contribution in [0.25, 0.3) is 0 Å². The molecule has 2 aromatic rings. The Hall–Kier alpha value is -2.55. The molecule has 0 saturated heterocycles. The predicted molar refractivity (Wildman–Crippen MR) is 103 cm³/mol. The summed E-state index contributed by atoms with van der Waals surface area (Å²) in [6, 6.07) is 5.91. The van der Waals surface area contributed by atoms with Gasteiger partial charge in [-0.1, -0.05) is 34.8 Å². The summed E-state index contributed by atoms with van der Waals surface area (Å²) in [5.74, 6) is 0.109. The maximum atomic E-state index is 11.5. The third-order valence-corrected chi connectivity index (χ3v) is 4.23. The highest BCUT2D eigenvalue weighted by atomic mass is 35.5. The number of hydrogen-bond acceptors (Lipinski definition) is 5. The van der Waals surface area contributed by atoms with Gasteiger partial charge >= 0.3 is 6.03 Å². The summed E-state index contributed by atoms with van der Waals surface area (Å²) in [7, 11) is 2.59. The van der Waals surface area contributed by atoms with Crippen LogP contribution in [-0.4, -0.2) is 31.0 Å². The first-order valence-corrected chi connectivity index (χ1v) is 8.35. The van der Waals surface area contributed by atoms with Gasteiger partial charge in [0, 0.05) is 25.2 Å². The minimum absolute atomic E-state index is 0.0558. The normalized spacial score (nSPS) is 11.1. The number of carbonyl (C=O) groups is 1. The summed E-state index contributed by atoms with van der Waals surface area (Å²) in [6.07, 6.45) is 0. The zero-order valence-electron chi connectivity index (χ0n) is 14.0. The molecule has 0 saturated carbocycles. The average Bonchev–Trinajstić information content (AvgIpc) is 2.63. The Kier molecular flexibility index (Phi) is 6.84. The molecule has 0 aliphatic rings. The molecule has 0 fully saturated rings. The molecule has 0 aliphatic carbocycles. The lowest BCUT2D eigenvalue weighted by Gasteiger charge is -2.11. The second-order valence-corrected chi connectivity index (χ2v) is 6.13. The van der Waals surface area contributed by atoms with Crippen molar-refractivity contribution in [2.75, 3.05) is 14.2 Å². The van der Waals surface area contributed by atoms with E-state index in [9.17, 15) is 14.9 Å². The maximum absolute atomic E-state index is 11.5. The molecule has 0 bridgehead atoms. The van der Waals surface area contributed by atoms with Crippen molar-refractivity contribution in [2.24, 2.45) is 4.99 Å². The van der Waals surface area contributed by atoms with Gasteiger partial charge in [0.2, 0.25) is 5.90 Å². The van der Waals surface area contributed by atoms with E-state index in [4.69, 9.17) is 44.3 Å². The number of carbonyl (C=O) groups excluding carboxylic acids is 1. The van der Waals surface area contributed by atoms with Crippen LogP contribution >= 0.6 is 34.8 Å². The summed E-state index contributed by atoms with van der Waals surface area (Å²) in [6.45, 7) is 0. The minimum atomic E-state index is -0.736. The van der Waals surface area contributed by atoms with Gasteiger partial charge in [-0.05, 0) is 12.1 Å². The second kappa shape index (κ2) is 8.90. The zero-order chi connectivity index (χ0) is 20.1. The van der Waals surface area contributed by atoms with Gasteiger partial charge in [0.25, 0.3) is 5.69 Å². The molecule has 1 N–H and O–H groups in total. The van der Waals surface area contributed by atoms with Gasteiger partial charge in [0.15, 0.2) is 0 Å². The number of aliphatic imine (C=N–C) groups is 1. The highest BCUT2D eigenvalue weighted by molar-refractivity contribution is 6.43. The number of hydrogen-bond donors (Lipinski definition) is 1. The lowest BCUT2D eigenvalue weighted by atomic mass is 10.1. The van der Waals surface area contributed by atoms with Crippen molar-refractivity contribution in [3.63, 3.8) is 0 Å². The SMILES string of the molecule is CNC(=O)N=C(OC)c1cc(Oc2cc(Cl)c(Cl)cc2Cl)ccc1[N+](=O)[O-]. The summed E-state index contributed by atoms with van der Waals surface area (Å²) < 4.78 is 10.7. The van der Waals surface area contributed by atoms with E-state index in [0.29, 0.717) is 0 Å². The molecule has 0 unspecified atom stereocenters. The number of halogens is 3. The Balaban J connectivity index is 2.52. The molecule has 8 nitrogen and oxygen atoms in total. The number of benzene rings is 2. The summed E-state index contributed by atoms with van der Waals surface area (Å²) in [4.78, 5) is 25.8. The molecular formula is C16H12Cl3N3O5. The average molecular weight is 433 g/mol. The molecule has 0 aliphatic heterocycles. The summed E-state index contributed by atoms with van der Waals surface area (Å²) in [5.41, 5.74) is -0.383. The fraction of sp³-hybridized carbons (Fsp3) is 0.125. The first-order chi connectivity index (χ1) is 12.8. The third kappa shape index (κ3) is 5.00. The third-order valence-electron chi connectivity index (χ3n) is 3.21. The van der Waals surface area contributed by atoms with Crippen LogP contribution in [0.2, 0.25) is 15.1 Å². The van der Waals surface area contributed by atoms with Crippen molar-refractivity contribution in [3.05, 3.63) is 61.1 Å². The van der Waals surface area contributed by atoms with Gasteiger partial charge < -0.3 is 14.8 Å². The molecule has 2 aromatic carbocycles. The van der Waals surface area contributed by atoms with E-state index in [1.807, 2.05) is 0 Å². The summed E-state index contributed by atoms with van der Waals surface area (Å²) in [5, 5.41) is 14.2. The highest BCUT2D eigenvalue weighted by Crippen LogP contribution is 2.37. The molecule has 11 heteroatoms. The molecule has 27 heavy (non-hydrogen) atoms. The predicted octanol–water partition coefficient (Wildman–Crippen LogP) is 5.08. The van der Waals surface area contributed by atoms with Gasteiger partial charge in [0.05, 0.1) is 27.1 Å². The molecule has 2 rings (SSSR count). The number of methoxy groups -OCH3 is 1. The van der Waals surface area contributed by atoms with Gasteiger partial charge in [0.1, 0.15) is 17.1 Å². The Bertz CT molecular complexity index is 934. The number of nitro benzene ring substituents is 1. The van der Waals surface area contributed by atoms with Gasteiger partial charge in [-0.25, -0.2) is 4.79 Å². The van der Waals surface area contributed by atoms with Crippen molar-refractivity contribution in [3.8, 4) is 11.5 Å². The molecule has 0 atom stereocenters. The van der Waals surface area contributed by atoms with E-state index in [0.717, 1.165) is 0 Å². The largest absolute Gasteiger partial charge is 0.480 e. The lowest BCUT2D eigenvalue weighted by molar-refractivity contribution is -0.385. The fourth-order valence-electron chi connectivity index (χ4n) is 1.98. The topological polar surface area (TPSA) is 103 Å². The Morgan fingerprint density at radius 1 is 1.15 bits per heavy atom. The Labute approximate surface area is 168 Å². The molecule has 0 radical (unpaired) electrons. The number of amides is 2. The highest BCUT2D eigenvalue weighted by Gasteiger charge is 2.22. The van der Waals surface area contributed by atoms with Crippen LogP contribution in [0.15, 0.2) is 35.3 Å². The van der Waals surface area contributed by atoms with Crippen LogP contribution in [0.1, 0.15) is 5.56 Å². The van der Waals surface area contributed by atoms with E-state index < -0.39 is 11.0 Å². The number of ether oxygens (including phenoxy) is 2. The van der Waals surface area contributed by atoms with Gasteiger partial charge in [-0.2, -0.15) is 4.99 Å². The second-order valence-electron chi connectivity index (χ2n) is 4.91. The van der Waals surface area contributed by atoms with Crippen LogP contribution in [0.3, 0.4) is 0 Å². The van der Waals surface area contributed by atoms with E-state index in [1.165, 1.54) is 44.5 Å². The molecule has 2 amide bonds. The van der Waals surface area contributed by atoms with Gasteiger partial charge in [-0.3, -0.25) is 10.1 Å². The van der Waals surface area contributed by atoms with Crippen LogP contribution in [0, 0.1) is 10.1 Å². The quantitative estimate of drug-likeness (QED) is 0.238. The van der Waals surface area contributed by atoms with E-state index in [2.05, 4.69) is 10.3 Å². The van der Waals surface area contributed by atoms with Crippen LogP contribution < -0.4 is 10.1 Å². The first kappa shape index (κ1) is 20.8. The fourth-order valence-corrected chi connectivity index (χ4v) is 2.56. The monoisotopic (exact) mass is 431 g/mol. The van der Waals surface area contributed by atoms with Crippen molar-refractivity contribution in [1.82, 2.24) is 5.32 Å². The van der Waals surface area contributed by atoms with E-state index >= 15 is 0 Å². The standard InChI is InChI=1S/C16H12Cl3N3O5/c1-20-16(23)21-15(26-2)9-5-8(3-4-13(9)22(24)25)27-14-7-11(18)10(17)6-12(14)19/h3-7H,1-2H3,(H,20,23). The molecule has 142 valence electrons. The van der Waals surface area contributed by atoms with Gasteiger partial charge in [-0.15, -0.1) is 0 Å². The van der Waals surface area contributed by atoms with E-state index in [-0.39, 0.29) is 43.7 Å². The number of rotatable bonds is 4. The van der Waals surface area contributed by atoms with Crippen LogP contribution in [0.5, 0.6) is 11.5 Å². The number of nitrogens with one attached hydrogen (secondary N) is 1. The Morgan fingerprint density at radius 3 is 2.41 bits per heavy atom. The molecule has 0 aromatic heterocycles. The zero-order valence-corrected chi connectivity index (χ0v) is 16.2.